The summed E-state index contributed by atoms with van der Waals surface area (Å²) in [5.74, 6) is 0.189. The maximum atomic E-state index is 12.1. The summed E-state index contributed by atoms with van der Waals surface area (Å²) < 4.78 is 4.48. The number of hydrogen-bond acceptors (Lipinski definition) is 5. The molecule has 9 nitrogen and oxygen atoms in total. The summed E-state index contributed by atoms with van der Waals surface area (Å²) in [5.41, 5.74) is 1.64. The van der Waals surface area contributed by atoms with Crippen molar-refractivity contribution >= 4 is 5.91 Å². The Hall–Kier alpha value is -3.23. The SMILES string of the molecule is Cc1cc(C)n(CCNC(=O)Cn2nc(-n3cccn3)ccc2=O)n1. The van der Waals surface area contributed by atoms with Crippen molar-refractivity contribution < 1.29 is 4.79 Å². The highest BCUT2D eigenvalue weighted by Gasteiger charge is 2.08. The molecule has 0 atom stereocenters. The van der Waals surface area contributed by atoms with E-state index in [0.717, 1.165) is 16.1 Å². The number of hydrogen-bond donors (Lipinski definition) is 1. The maximum Gasteiger partial charge on any atom is 0.267 e. The predicted molar refractivity (Wildman–Crippen MR) is 90.3 cm³/mol. The lowest BCUT2D eigenvalue weighted by Crippen LogP contribution is -2.35. The van der Waals surface area contributed by atoms with E-state index in [1.54, 1.807) is 24.5 Å². The van der Waals surface area contributed by atoms with E-state index in [1.807, 2.05) is 24.6 Å². The highest BCUT2D eigenvalue weighted by molar-refractivity contribution is 5.75. The number of aromatic nitrogens is 6. The molecule has 0 saturated heterocycles. The van der Waals surface area contributed by atoms with Crippen molar-refractivity contribution in [2.24, 2.45) is 0 Å². The Morgan fingerprint density at radius 2 is 2.04 bits per heavy atom. The smallest absolute Gasteiger partial charge is 0.267 e. The molecule has 0 radical (unpaired) electrons. The van der Waals surface area contributed by atoms with Crippen LogP contribution in [0.4, 0.5) is 0 Å². The molecule has 3 heterocycles. The largest absolute Gasteiger partial charge is 0.353 e. The van der Waals surface area contributed by atoms with Crippen molar-refractivity contribution in [3.05, 3.63) is 58.4 Å². The van der Waals surface area contributed by atoms with Gasteiger partial charge in [0.1, 0.15) is 6.54 Å². The second-order valence-electron chi connectivity index (χ2n) is 5.64. The van der Waals surface area contributed by atoms with E-state index < -0.39 is 0 Å². The van der Waals surface area contributed by atoms with Gasteiger partial charge in [0.05, 0.1) is 12.2 Å². The number of rotatable bonds is 6. The van der Waals surface area contributed by atoms with Gasteiger partial charge in [-0.15, -0.1) is 5.10 Å². The van der Waals surface area contributed by atoms with Gasteiger partial charge < -0.3 is 5.32 Å². The first-order valence-corrected chi connectivity index (χ1v) is 7.89. The molecular formula is C16H19N7O2. The Bertz CT molecular complexity index is 924. The summed E-state index contributed by atoms with van der Waals surface area (Å²) in [6.45, 7) is 4.74. The van der Waals surface area contributed by atoms with Crippen molar-refractivity contribution in [3.63, 3.8) is 0 Å². The maximum absolute atomic E-state index is 12.1. The lowest BCUT2D eigenvalue weighted by molar-refractivity contribution is -0.121. The summed E-state index contributed by atoms with van der Waals surface area (Å²) >= 11 is 0. The molecule has 9 heteroatoms. The van der Waals surface area contributed by atoms with Gasteiger partial charge >= 0.3 is 0 Å². The average Bonchev–Trinajstić information content (AvgIpc) is 3.20. The van der Waals surface area contributed by atoms with E-state index in [-0.39, 0.29) is 18.0 Å². The molecule has 0 spiro atoms. The van der Waals surface area contributed by atoms with Crippen LogP contribution in [0.3, 0.4) is 0 Å². The van der Waals surface area contributed by atoms with Crippen molar-refractivity contribution in [3.8, 4) is 5.82 Å². The Labute approximate surface area is 143 Å². The molecule has 0 aliphatic heterocycles. The highest BCUT2D eigenvalue weighted by atomic mass is 16.2. The predicted octanol–water partition coefficient (Wildman–Crippen LogP) is 0.0587. The molecule has 0 aromatic carbocycles. The summed E-state index contributed by atoms with van der Waals surface area (Å²) in [7, 11) is 0. The van der Waals surface area contributed by atoms with Crippen molar-refractivity contribution in [1.82, 2.24) is 34.7 Å². The molecule has 1 amide bonds. The van der Waals surface area contributed by atoms with Crippen LogP contribution in [-0.4, -0.2) is 41.8 Å². The quantitative estimate of drug-likeness (QED) is 0.683. The van der Waals surface area contributed by atoms with Gasteiger partial charge in [-0.25, -0.2) is 9.36 Å². The molecule has 0 unspecified atom stereocenters. The van der Waals surface area contributed by atoms with E-state index >= 15 is 0 Å². The molecule has 3 aromatic rings. The van der Waals surface area contributed by atoms with Gasteiger partial charge in [0, 0.05) is 30.7 Å². The van der Waals surface area contributed by atoms with Crippen LogP contribution < -0.4 is 10.9 Å². The van der Waals surface area contributed by atoms with Gasteiger partial charge in [-0.05, 0) is 32.0 Å². The Morgan fingerprint density at radius 1 is 1.20 bits per heavy atom. The van der Waals surface area contributed by atoms with Crippen LogP contribution in [0.15, 0.2) is 41.5 Å². The number of amides is 1. The van der Waals surface area contributed by atoms with Crippen LogP contribution in [0, 0.1) is 13.8 Å². The summed E-state index contributed by atoms with van der Waals surface area (Å²) in [6.07, 6.45) is 3.33. The Kier molecular flexibility index (Phi) is 4.73. The van der Waals surface area contributed by atoms with Gasteiger partial charge in [-0.2, -0.15) is 10.2 Å². The zero-order chi connectivity index (χ0) is 17.8. The number of aryl methyl sites for hydroxylation is 2. The molecule has 0 saturated carbocycles. The standard InChI is InChI=1S/C16H19N7O2/c1-12-10-13(2)21(19-12)9-7-17-15(24)11-23-16(25)5-4-14(20-23)22-8-3-6-18-22/h3-6,8,10H,7,9,11H2,1-2H3,(H,17,24). The van der Waals surface area contributed by atoms with Crippen LogP contribution in [0.1, 0.15) is 11.4 Å². The van der Waals surface area contributed by atoms with Crippen molar-refractivity contribution in [1.29, 1.82) is 0 Å². The number of nitrogens with zero attached hydrogens (tertiary/aromatic N) is 6. The second-order valence-corrected chi connectivity index (χ2v) is 5.64. The Morgan fingerprint density at radius 3 is 2.72 bits per heavy atom. The first-order chi connectivity index (χ1) is 12.0. The van der Waals surface area contributed by atoms with Crippen LogP contribution in [0.25, 0.3) is 5.82 Å². The summed E-state index contributed by atoms with van der Waals surface area (Å²) in [4.78, 5) is 24.0. The van der Waals surface area contributed by atoms with Crippen LogP contribution in [0.5, 0.6) is 0 Å². The fraction of sp³-hybridized carbons (Fsp3) is 0.312. The molecule has 130 valence electrons. The van der Waals surface area contributed by atoms with E-state index in [2.05, 4.69) is 20.6 Å². The number of carbonyl (C=O) groups excluding carboxylic acids is 1. The van der Waals surface area contributed by atoms with Crippen molar-refractivity contribution in [2.45, 2.75) is 26.9 Å². The third kappa shape index (κ3) is 4.00. The minimum absolute atomic E-state index is 0.148. The van der Waals surface area contributed by atoms with E-state index in [9.17, 15) is 9.59 Å². The van der Waals surface area contributed by atoms with Gasteiger partial charge in [-0.3, -0.25) is 14.3 Å². The van der Waals surface area contributed by atoms with Crippen LogP contribution >= 0.6 is 0 Å². The number of nitrogens with one attached hydrogen (secondary N) is 1. The molecule has 0 aliphatic carbocycles. The van der Waals surface area contributed by atoms with Crippen LogP contribution in [-0.2, 0) is 17.9 Å². The van der Waals surface area contributed by atoms with E-state index in [0.29, 0.717) is 18.9 Å². The lowest BCUT2D eigenvalue weighted by Gasteiger charge is -2.09. The first-order valence-electron chi connectivity index (χ1n) is 7.89. The number of carbonyl (C=O) groups is 1. The third-order valence-electron chi connectivity index (χ3n) is 3.63. The molecule has 0 aliphatic rings. The lowest BCUT2D eigenvalue weighted by atomic mass is 10.4. The second kappa shape index (κ2) is 7.12. The molecule has 25 heavy (non-hydrogen) atoms. The molecule has 0 bridgehead atoms. The molecule has 3 aromatic heterocycles. The van der Waals surface area contributed by atoms with Gasteiger partial charge in [0.2, 0.25) is 5.91 Å². The van der Waals surface area contributed by atoms with E-state index in [4.69, 9.17) is 0 Å². The zero-order valence-electron chi connectivity index (χ0n) is 14.1. The normalized spacial score (nSPS) is 10.8. The Balaban J connectivity index is 1.60. The minimum Gasteiger partial charge on any atom is -0.353 e. The summed E-state index contributed by atoms with van der Waals surface area (Å²) in [5, 5.41) is 15.3. The molecule has 3 rings (SSSR count). The molecule has 1 N–H and O–H groups in total. The minimum atomic E-state index is -0.343. The zero-order valence-corrected chi connectivity index (χ0v) is 14.1. The van der Waals surface area contributed by atoms with Gasteiger partial charge in [-0.1, -0.05) is 0 Å². The monoisotopic (exact) mass is 341 g/mol. The van der Waals surface area contributed by atoms with E-state index in [1.165, 1.54) is 10.7 Å². The third-order valence-corrected chi connectivity index (χ3v) is 3.63. The highest BCUT2D eigenvalue weighted by Crippen LogP contribution is 2.01. The van der Waals surface area contributed by atoms with Gasteiger partial charge in [0.25, 0.3) is 5.56 Å². The fourth-order valence-electron chi connectivity index (χ4n) is 2.47. The van der Waals surface area contributed by atoms with Crippen molar-refractivity contribution in [2.75, 3.05) is 6.54 Å². The molecule has 0 fully saturated rings. The van der Waals surface area contributed by atoms with Gasteiger partial charge in [0.15, 0.2) is 5.82 Å². The topological polar surface area (TPSA) is 99.6 Å². The van der Waals surface area contributed by atoms with Crippen LogP contribution in [0.2, 0.25) is 0 Å². The molecular weight excluding hydrogens is 322 g/mol. The fourth-order valence-corrected chi connectivity index (χ4v) is 2.47. The first kappa shape index (κ1) is 16.6. The average molecular weight is 341 g/mol. The summed E-state index contributed by atoms with van der Waals surface area (Å²) in [6, 6.07) is 6.66.